The van der Waals surface area contributed by atoms with Crippen LogP contribution in [0.2, 0.25) is 0 Å². The zero-order chi connectivity index (χ0) is 26.9. The molecule has 0 radical (unpaired) electrons. The van der Waals surface area contributed by atoms with Crippen molar-refractivity contribution in [1.29, 1.82) is 0 Å². The van der Waals surface area contributed by atoms with Crippen LogP contribution in [0.25, 0.3) is 0 Å². The minimum absolute atomic E-state index is 0.0846. The van der Waals surface area contributed by atoms with Crippen molar-refractivity contribution in [3.63, 3.8) is 0 Å². The molecule has 2 aromatic rings. The van der Waals surface area contributed by atoms with E-state index in [1.165, 1.54) is 6.07 Å². The van der Waals surface area contributed by atoms with E-state index in [0.29, 0.717) is 24.9 Å². The molecule has 0 atom stereocenters. The van der Waals surface area contributed by atoms with E-state index in [4.69, 9.17) is 9.47 Å². The van der Waals surface area contributed by atoms with Crippen molar-refractivity contribution >= 4 is 17.7 Å². The lowest BCUT2D eigenvalue weighted by atomic mass is 9.88. The molecule has 0 heterocycles. The van der Waals surface area contributed by atoms with Crippen LogP contribution in [0, 0.1) is 10.8 Å². The number of carbonyl (C=O) groups is 3. The van der Waals surface area contributed by atoms with Crippen LogP contribution in [-0.2, 0) is 16.1 Å². The summed E-state index contributed by atoms with van der Waals surface area (Å²) in [7, 11) is 1.88. The van der Waals surface area contributed by atoms with E-state index < -0.39 is 22.8 Å². The van der Waals surface area contributed by atoms with Gasteiger partial charge in [0.15, 0.2) is 17.3 Å². The summed E-state index contributed by atoms with van der Waals surface area (Å²) in [4.78, 5) is 40.8. The van der Waals surface area contributed by atoms with Crippen molar-refractivity contribution < 1.29 is 23.9 Å². The van der Waals surface area contributed by atoms with Gasteiger partial charge in [-0.25, -0.2) is 0 Å². The Morgan fingerprint density at radius 2 is 1.31 bits per heavy atom. The maximum Gasteiger partial charge on any atom is 0.317 e. The summed E-state index contributed by atoms with van der Waals surface area (Å²) in [5.74, 6) is -0.737. The van der Waals surface area contributed by atoms with Gasteiger partial charge in [0.2, 0.25) is 0 Å². The van der Waals surface area contributed by atoms with Crippen LogP contribution in [0.5, 0.6) is 11.5 Å². The molecule has 6 heteroatoms. The highest BCUT2D eigenvalue weighted by molar-refractivity contribution is 5.98. The van der Waals surface area contributed by atoms with E-state index in [-0.39, 0.29) is 23.8 Å². The van der Waals surface area contributed by atoms with Crippen LogP contribution >= 0.6 is 0 Å². The highest BCUT2D eigenvalue weighted by Gasteiger charge is 2.32. The van der Waals surface area contributed by atoms with Gasteiger partial charge in [-0.1, -0.05) is 57.0 Å². The summed E-state index contributed by atoms with van der Waals surface area (Å²) >= 11 is 0. The van der Waals surface area contributed by atoms with Crippen molar-refractivity contribution in [2.45, 2.75) is 73.8 Å². The third-order valence-electron chi connectivity index (χ3n) is 6.24. The van der Waals surface area contributed by atoms with Crippen LogP contribution in [0.4, 0.5) is 0 Å². The molecule has 0 saturated heterocycles. The minimum atomic E-state index is -0.715. The Kier molecular flexibility index (Phi) is 10.4. The molecule has 0 fully saturated rings. The van der Waals surface area contributed by atoms with Crippen molar-refractivity contribution in [1.82, 2.24) is 4.90 Å². The minimum Gasteiger partial charge on any atom is -0.422 e. The molecular formula is C30H41NO5. The van der Waals surface area contributed by atoms with Crippen LogP contribution in [0.3, 0.4) is 0 Å². The second-order valence-corrected chi connectivity index (χ2v) is 10.8. The van der Waals surface area contributed by atoms with Crippen LogP contribution in [-0.4, -0.2) is 36.2 Å². The second-order valence-electron chi connectivity index (χ2n) is 10.8. The van der Waals surface area contributed by atoms with E-state index in [1.54, 1.807) is 12.1 Å². The predicted molar refractivity (Wildman–Crippen MR) is 142 cm³/mol. The Hall–Kier alpha value is -2.99. The van der Waals surface area contributed by atoms with Gasteiger partial charge in [-0.15, -0.1) is 0 Å². The van der Waals surface area contributed by atoms with Crippen LogP contribution < -0.4 is 9.47 Å². The highest BCUT2D eigenvalue weighted by atomic mass is 16.6. The van der Waals surface area contributed by atoms with Gasteiger partial charge in [0.25, 0.3) is 0 Å². The first-order chi connectivity index (χ1) is 16.9. The average Bonchev–Trinajstić information content (AvgIpc) is 2.80. The fourth-order valence-electron chi connectivity index (χ4n) is 4.06. The maximum atomic E-state index is 13.1. The molecule has 0 aliphatic carbocycles. The number of carbonyl (C=O) groups excluding carboxylic acids is 3. The molecule has 2 aromatic carbocycles. The first kappa shape index (κ1) is 29.2. The molecule has 6 nitrogen and oxygen atoms in total. The molecule has 36 heavy (non-hydrogen) atoms. The van der Waals surface area contributed by atoms with E-state index in [2.05, 4.69) is 0 Å². The highest BCUT2D eigenvalue weighted by Crippen LogP contribution is 2.35. The quantitative estimate of drug-likeness (QED) is 0.180. The summed E-state index contributed by atoms with van der Waals surface area (Å²) in [6.07, 6.45) is 2.96. The smallest absolute Gasteiger partial charge is 0.317 e. The predicted octanol–water partition coefficient (Wildman–Crippen LogP) is 6.46. The van der Waals surface area contributed by atoms with E-state index in [9.17, 15) is 14.4 Å². The number of hydrogen-bond donors (Lipinski definition) is 0. The van der Waals surface area contributed by atoms with Crippen molar-refractivity contribution in [3.05, 3.63) is 59.7 Å². The number of ketones is 1. The van der Waals surface area contributed by atoms with Gasteiger partial charge >= 0.3 is 11.9 Å². The fraction of sp³-hybridized carbons (Fsp3) is 0.500. The number of rotatable bonds is 13. The molecule has 0 aliphatic heterocycles. The Labute approximate surface area is 216 Å². The second kappa shape index (κ2) is 12.8. The number of likely N-dealkylation sites (N-methyl/N-ethyl adjacent to an activating group) is 1. The molecule has 0 amide bonds. The zero-order valence-corrected chi connectivity index (χ0v) is 22.8. The van der Waals surface area contributed by atoms with E-state index >= 15 is 0 Å². The Balaban J connectivity index is 2.29. The number of esters is 2. The fourth-order valence-corrected chi connectivity index (χ4v) is 4.06. The lowest BCUT2D eigenvalue weighted by molar-refractivity contribution is -0.147. The van der Waals surface area contributed by atoms with Crippen LogP contribution in [0.15, 0.2) is 48.5 Å². The third kappa shape index (κ3) is 8.30. The average molecular weight is 496 g/mol. The molecular weight excluding hydrogens is 454 g/mol. The third-order valence-corrected chi connectivity index (χ3v) is 6.24. The number of Topliss-reactive ketones (excluding diaryl/α,β-unsaturated/α-hetero) is 1. The number of benzene rings is 2. The summed E-state index contributed by atoms with van der Waals surface area (Å²) < 4.78 is 11.4. The lowest BCUT2D eigenvalue weighted by Crippen LogP contribution is -2.31. The zero-order valence-electron chi connectivity index (χ0n) is 22.8. The Morgan fingerprint density at radius 3 is 1.83 bits per heavy atom. The molecule has 196 valence electrons. The number of nitrogens with zero attached hydrogens (tertiary/aromatic N) is 1. The molecule has 2 rings (SSSR count). The van der Waals surface area contributed by atoms with Gasteiger partial charge in [-0.05, 0) is 71.3 Å². The first-order valence-electron chi connectivity index (χ1n) is 12.7. The van der Waals surface area contributed by atoms with Crippen LogP contribution in [0.1, 0.15) is 83.1 Å². The number of hydrogen-bond acceptors (Lipinski definition) is 6. The van der Waals surface area contributed by atoms with Gasteiger partial charge < -0.3 is 9.47 Å². The van der Waals surface area contributed by atoms with E-state index in [1.807, 2.05) is 83.8 Å². The lowest BCUT2D eigenvalue weighted by Gasteiger charge is -2.24. The molecule has 0 spiro atoms. The van der Waals surface area contributed by atoms with Gasteiger partial charge in [0.1, 0.15) is 0 Å². The summed E-state index contributed by atoms with van der Waals surface area (Å²) in [6.45, 7) is 12.1. The summed E-state index contributed by atoms with van der Waals surface area (Å²) in [6, 6.07) is 14.6. The molecule has 0 aromatic heterocycles. The first-order valence-corrected chi connectivity index (χ1v) is 12.7. The summed E-state index contributed by atoms with van der Waals surface area (Å²) in [5, 5.41) is 0. The van der Waals surface area contributed by atoms with E-state index in [0.717, 1.165) is 18.4 Å². The van der Waals surface area contributed by atoms with Gasteiger partial charge in [0, 0.05) is 12.1 Å². The standard InChI is InChI=1S/C30H41NO5/c1-8-17-29(3,4)27(33)35-25-16-15-23(19-26(25)36-28(34)30(5,6)18-9-2)24(32)21-31(7)20-22-13-11-10-12-14-22/h10-16,19H,8-9,17-18,20-21H2,1-7H3. The molecule has 0 N–H and O–H groups in total. The summed E-state index contributed by atoms with van der Waals surface area (Å²) in [5.41, 5.74) is 0.0932. The van der Waals surface area contributed by atoms with Crippen molar-refractivity contribution in [3.8, 4) is 11.5 Å². The van der Waals surface area contributed by atoms with Gasteiger partial charge in [-0.3, -0.25) is 19.3 Å². The molecule has 0 saturated carbocycles. The largest absolute Gasteiger partial charge is 0.422 e. The SMILES string of the molecule is CCCC(C)(C)C(=O)Oc1ccc(C(=O)CN(C)Cc2ccccc2)cc1OC(=O)C(C)(C)CCC. The topological polar surface area (TPSA) is 72.9 Å². The Bertz CT molecular complexity index is 1040. The monoisotopic (exact) mass is 495 g/mol. The van der Waals surface area contributed by atoms with Gasteiger partial charge in [0.05, 0.1) is 17.4 Å². The van der Waals surface area contributed by atoms with Crippen molar-refractivity contribution in [2.24, 2.45) is 10.8 Å². The number of ether oxygens (including phenoxy) is 2. The molecule has 0 aliphatic rings. The van der Waals surface area contributed by atoms with Gasteiger partial charge in [-0.2, -0.15) is 0 Å². The molecule has 0 bridgehead atoms. The normalized spacial score (nSPS) is 11.9. The molecule has 0 unspecified atom stereocenters. The van der Waals surface area contributed by atoms with Crippen molar-refractivity contribution in [2.75, 3.05) is 13.6 Å². The maximum absolute atomic E-state index is 13.1. The Morgan fingerprint density at radius 1 is 0.778 bits per heavy atom.